The van der Waals surface area contributed by atoms with Crippen molar-refractivity contribution in [3.63, 3.8) is 0 Å². The number of hydrogen-bond donors (Lipinski definition) is 1. The smallest absolute Gasteiger partial charge is 0.308 e. The van der Waals surface area contributed by atoms with Crippen LogP contribution in [0.1, 0.15) is 65.9 Å². The summed E-state index contributed by atoms with van der Waals surface area (Å²) in [6.45, 7) is 12.1. The van der Waals surface area contributed by atoms with Crippen LogP contribution < -0.4 is 10.1 Å². The molecule has 1 atom stereocenters. The third-order valence-electron chi connectivity index (χ3n) is 5.57. The highest BCUT2D eigenvalue weighted by Gasteiger charge is 2.45. The Bertz CT molecular complexity index is 576. The van der Waals surface area contributed by atoms with Gasteiger partial charge in [-0.1, -0.05) is 46.2 Å². The molecule has 0 spiro atoms. The summed E-state index contributed by atoms with van der Waals surface area (Å²) in [7, 11) is 0. The lowest BCUT2D eigenvalue weighted by atomic mass is 9.59. The maximum absolute atomic E-state index is 11.7. The van der Waals surface area contributed by atoms with Crippen LogP contribution in [0.15, 0.2) is 24.3 Å². The second-order valence-electron chi connectivity index (χ2n) is 8.43. The van der Waals surface area contributed by atoms with Crippen LogP contribution in [-0.2, 0) is 14.9 Å². The summed E-state index contributed by atoms with van der Waals surface area (Å²) in [5.74, 6) is 1.35. The molecule has 0 radical (unpaired) electrons. The number of esters is 1. The van der Waals surface area contributed by atoms with Gasteiger partial charge in [-0.05, 0) is 49.8 Å². The Hall–Kier alpha value is -1.55. The average molecular weight is 376 g/mol. The van der Waals surface area contributed by atoms with Crippen LogP contribution in [0.5, 0.6) is 5.75 Å². The SMILES string of the molecule is CCOc1ccc(C2(C(CC(C)C)NCCOC(=O)C(C)C)CCC2)cc1. The quantitative estimate of drug-likeness (QED) is 0.449. The molecule has 1 fully saturated rings. The highest BCUT2D eigenvalue weighted by molar-refractivity contribution is 5.71. The molecular weight excluding hydrogens is 338 g/mol. The predicted octanol–water partition coefficient (Wildman–Crippen LogP) is 4.71. The van der Waals surface area contributed by atoms with E-state index in [0.29, 0.717) is 31.7 Å². The molecule has 1 aliphatic carbocycles. The summed E-state index contributed by atoms with van der Waals surface area (Å²) in [6.07, 6.45) is 4.80. The van der Waals surface area contributed by atoms with Gasteiger partial charge in [0.1, 0.15) is 12.4 Å². The Morgan fingerprint density at radius 3 is 2.30 bits per heavy atom. The molecule has 0 aromatic heterocycles. The number of carbonyl (C=O) groups is 1. The Balaban J connectivity index is 2.06. The molecule has 0 saturated heterocycles. The predicted molar refractivity (Wildman–Crippen MR) is 110 cm³/mol. The lowest BCUT2D eigenvalue weighted by molar-refractivity contribution is -0.147. The molecule has 2 rings (SSSR count). The molecule has 4 heteroatoms. The van der Waals surface area contributed by atoms with Crippen molar-refractivity contribution in [2.75, 3.05) is 19.8 Å². The number of carbonyl (C=O) groups excluding carboxylic acids is 1. The summed E-state index contributed by atoms with van der Waals surface area (Å²) in [5.41, 5.74) is 1.58. The number of benzene rings is 1. The molecule has 4 nitrogen and oxygen atoms in total. The fourth-order valence-corrected chi connectivity index (χ4v) is 3.97. The third-order valence-corrected chi connectivity index (χ3v) is 5.57. The Labute approximate surface area is 165 Å². The molecule has 1 saturated carbocycles. The lowest BCUT2D eigenvalue weighted by Crippen LogP contribution is -2.54. The second-order valence-corrected chi connectivity index (χ2v) is 8.43. The zero-order valence-corrected chi connectivity index (χ0v) is 17.7. The van der Waals surface area contributed by atoms with Crippen molar-refractivity contribution in [3.8, 4) is 5.75 Å². The normalized spacial score (nSPS) is 16.9. The van der Waals surface area contributed by atoms with Gasteiger partial charge in [-0.25, -0.2) is 0 Å². The van der Waals surface area contributed by atoms with Gasteiger partial charge in [0.15, 0.2) is 0 Å². The fraction of sp³-hybridized carbons (Fsp3) is 0.696. The second kappa shape index (κ2) is 10.1. The number of hydrogen-bond acceptors (Lipinski definition) is 4. The van der Waals surface area contributed by atoms with E-state index in [1.54, 1.807) is 0 Å². The minimum Gasteiger partial charge on any atom is -0.494 e. The largest absolute Gasteiger partial charge is 0.494 e. The van der Waals surface area contributed by atoms with Gasteiger partial charge in [0.2, 0.25) is 0 Å². The maximum Gasteiger partial charge on any atom is 0.308 e. The van der Waals surface area contributed by atoms with Crippen molar-refractivity contribution < 1.29 is 14.3 Å². The van der Waals surface area contributed by atoms with Crippen LogP contribution in [0, 0.1) is 11.8 Å². The molecule has 0 amide bonds. The van der Waals surface area contributed by atoms with E-state index in [-0.39, 0.29) is 17.3 Å². The van der Waals surface area contributed by atoms with E-state index in [2.05, 4.69) is 43.4 Å². The van der Waals surface area contributed by atoms with Gasteiger partial charge in [-0.2, -0.15) is 0 Å². The molecule has 1 N–H and O–H groups in total. The van der Waals surface area contributed by atoms with E-state index in [9.17, 15) is 4.79 Å². The van der Waals surface area contributed by atoms with Crippen LogP contribution >= 0.6 is 0 Å². The van der Waals surface area contributed by atoms with Crippen molar-refractivity contribution in [2.45, 2.75) is 71.8 Å². The molecular formula is C23H37NO3. The van der Waals surface area contributed by atoms with Crippen molar-refractivity contribution >= 4 is 5.97 Å². The standard InChI is InChI=1S/C23H37NO3/c1-6-26-20-10-8-19(9-11-20)23(12-7-13-23)21(16-17(2)3)24-14-15-27-22(25)18(4)5/h8-11,17-18,21,24H,6-7,12-16H2,1-5H3. The molecule has 1 aliphatic rings. The van der Waals surface area contributed by atoms with E-state index >= 15 is 0 Å². The molecule has 152 valence electrons. The van der Waals surface area contributed by atoms with Crippen LogP contribution in [0.3, 0.4) is 0 Å². The zero-order chi connectivity index (χ0) is 19.9. The molecule has 1 unspecified atom stereocenters. The Morgan fingerprint density at radius 2 is 1.81 bits per heavy atom. The average Bonchev–Trinajstić information content (AvgIpc) is 2.58. The van der Waals surface area contributed by atoms with Gasteiger partial charge in [-0.3, -0.25) is 4.79 Å². The highest BCUT2D eigenvalue weighted by atomic mass is 16.5. The van der Waals surface area contributed by atoms with Gasteiger partial charge >= 0.3 is 5.97 Å². The van der Waals surface area contributed by atoms with Gasteiger partial charge < -0.3 is 14.8 Å². The molecule has 27 heavy (non-hydrogen) atoms. The molecule has 1 aromatic rings. The Morgan fingerprint density at radius 1 is 1.15 bits per heavy atom. The van der Waals surface area contributed by atoms with Crippen molar-refractivity contribution in [2.24, 2.45) is 11.8 Å². The summed E-state index contributed by atoms with van der Waals surface area (Å²) in [5, 5.41) is 3.72. The Kier molecular flexibility index (Phi) is 8.15. The summed E-state index contributed by atoms with van der Waals surface area (Å²) >= 11 is 0. The maximum atomic E-state index is 11.7. The molecule has 1 aromatic carbocycles. The first-order valence-corrected chi connectivity index (χ1v) is 10.5. The van der Waals surface area contributed by atoms with Gasteiger partial charge in [0.05, 0.1) is 12.5 Å². The monoisotopic (exact) mass is 375 g/mol. The van der Waals surface area contributed by atoms with Crippen LogP contribution in [0.4, 0.5) is 0 Å². The van der Waals surface area contributed by atoms with Gasteiger partial charge in [-0.15, -0.1) is 0 Å². The van der Waals surface area contributed by atoms with E-state index in [4.69, 9.17) is 9.47 Å². The topological polar surface area (TPSA) is 47.6 Å². The molecule has 0 heterocycles. The minimum absolute atomic E-state index is 0.0710. The summed E-state index contributed by atoms with van der Waals surface area (Å²) < 4.78 is 11.0. The highest BCUT2D eigenvalue weighted by Crippen LogP contribution is 2.48. The van der Waals surface area contributed by atoms with Crippen molar-refractivity contribution in [1.29, 1.82) is 0 Å². The number of ether oxygens (including phenoxy) is 2. The molecule has 0 bridgehead atoms. The van der Waals surface area contributed by atoms with Crippen molar-refractivity contribution in [3.05, 3.63) is 29.8 Å². The van der Waals surface area contributed by atoms with E-state index in [1.807, 2.05) is 20.8 Å². The van der Waals surface area contributed by atoms with Gasteiger partial charge in [0.25, 0.3) is 0 Å². The first-order valence-electron chi connectivity index (χ1n) is 10.5. The number of rotatable bonds is 11. The zero-order valence-electron chi connectivity index (χ0n) is 17.7. The van der Waals surface area contributed by atoms with Crippen LogP contribution in [0.25, 0.3) is 0 Å². The van der Waals surface area contributed by atoms with Crippen LogP contribution in [0.2, 0.25) is 0 Å². The summed E-state index contributed by atoms with van der Waals surface area (Å²) in [4.78, 5) is 11.7. The minimum atomic E-state index is -0.123. The summed E-state index contributed by atoms with van der Waals surface area (Å²) in [6, 6.07) is 9.04. The first kappa shape index (κ1) is 21.7. The van der Waals surface area contributed by atoms with Crippen molar-refractivity contribution in [1.82, 2.24) is 5.32 Å². The third kappa shape index (κ3) is 5.71. The van der Waals surface area contributed by atoms with E-state index < -0.39 is 0 Å². The van der Waals surface area contributed by atoms with Gasteiger partial charge in [0, 0.05) is 18.0 Å². The van der Waals surface area contributed by atoms with E-state index in [0.717, 1.165) is 12.2 Å². The van der Waals surface area contributed by atoms with Crippen LogP contribution in [-0.4, -0.2) is 31.8 Å². The molecule has 0 aliphatic heterocycles. The van der Waals surface area contributed by atoms with E-state index in [1.165, 1.54) is 24.8 Å². The first-order chi connectivity index (χ1) is 12.9. The fourth-order valence-electron chi connectivity index (χ4n) is 3.97. The lowest BCUT2D eigenvalue weighted by Gasteiger charge is -2.49. The number of nitrogens with one attached hydrogen (secondary N) is 1.